The fourth-order valence-corrected chi connectivity index (χ4v) is 2.47. The van der Waals surface area contributed by atoms with Crippen LogP contribution in [0.5, 0.6) is 0 Å². The molecule has 0 unspecified atom stereocenters. The first-order chi connectivity index (χ1) is 7.16. The van der Waals surface area contributed by atoms with E-state index in [4.69, 9.17) is 0 Å². The maximum Gasteiger partial charge on any atom is 0.240 e. The van der Waals surface area contributed by atoms with Crippen LogP contribution < -0.4 is 0 Å². The van der Waals surface area contributed by atoms with Crippen molar-refractivity contribution in [1.29, 1.82) is 0 Å². The quantitative estimate of drug-likeness (QED) is 0.474. The van der Waals surface area contributed by atoms with E-state index in [1.165, 1.54) is 16.3 Å². The second kappa shape index (κ2) is 4.52. The Morgan fingerprint density at radius 2 is 1.60 bits per heavy atom. The molecule has 0 bridgehead atoms. The molecule has 5 heteroatoms. The molecule has 0 aromatic heterocycles. The maximum atomic E-state index is 11.3. The highest BCUT2D eigenvalue weighted by molar-refractivity contribution is 14.1. The molecule has 1 aliphatic rings. The molecular weight excluding hydrogens is 325 g/mol. The number of hydrogen-bond acceptors (Lipinski definition) is 3. The average Bonchev–Trinajstić information content (AvgIpc) is 2.53. The van der Waals surface area contributed by atoms with E-state index in [2.05, 4.69) is 22.6 Å². The van der Waals surface area contributed by atoms with Crippen LogP contribution in [0.25, 0.3) is 0 Å². The third-order valence-corrected chi connectivity index (χ3v) is 3.81. The lowest BCUT2D eigenvalue weighted by molar-refractivity contribution is -0.131. The highest BCUT2D eigenvalue weighted by Gasteiger charge is 2.29. The summed E-state index contributed by atoms with van der Waals surface area (Å²) >= 11 is 3.42. The molecule has 0 saturated carbocycles. The summed E-state index contributed by atoms with van der Waals surface area (Å²) < 4.78 is 2.39. The van der Waals surface area contributed by atoms with Crippen LogP contribution in [-0.2, 0) is 9.59 Å². The predicted octanol–water partition coefficient (Wildman–Crippen LogP) is 2.45. The Hall–Kier alpha value is -0.560. The normalized spacial score (nSPS) is 16.2. The first-order valence-corrected chi connectivity index (χ1v) is 6.31. The fourth-order valence-electron chi connectivity index (χ4n) is 1.26. The minimum absolute atomic E-state index is 0.0939. The Labute approximate surface area is 105 Å². The molecule has 1 aliphatic heterocycles. The van der Waals surface area contributed by atoms with Gasteiger partial charge in [-0.3, -0.25) is 9.59 Å². The zero-order valence-electron chi connectivity index (χ0n) is 7.77. The molecule has 0 atom stereocenters. The summed E-state index contributed by atoms with van der Waals surface area (Å²) in [4.78, 5) is 23.6. The van der Waals surface area contributed by atoms with E-state index in [1.807, 2.05) is 24.3 Å². The van der Waals surface area contributed by atoms with Crippen molar-refractivity contribution in [2.75, 3.05) is 0 Å². The first-order valence-electron chi connectivity index (χ1n) is 4.46. The van der Waals surface area contributed by atoms with Gasteiger partial charge in [-0.1, -0.05) is 0 Å². The highest BCUT2D eigenvalue weighted by Crippen LogP contribution is 2.28. The van der Waals surface area contributed by atoms with Crippen molar-refractivity contribution in [3.05, 3.63) is 27.8 Å². The number of carbonyl (C=O) groups excluding carboxylic acids is 2. The van der Waals surface area contributed by atoms with Gasteiger partial charge in [0.25, 0.3) is 0 Å². The van der Waals surface area contributed by atoms with Crippen molar-refractivity contribution in [1.82, 2.24) is 4.31 Å². The predicted molar refractivity (Wildman–Crippen MR) is 66.1 cm³/mol. The number of nitrogens with zero attached hydrogens (tertiary/aromatic N) is 1. The molecule has 1 aromatic rings. The minimum atomic E-state index is -0.0939. The zero-order chi connectivity index (χ0) is 10.8. The Morgan fingerprint density at radius 1 is 1.07 bits per heavy atom. The van der Waals surface area contributed by atoms with Crippen LogP contribution in [0.15, 0.2) is 29.2 Å². The van der Waals surface area contributed by atoms with Crippen molar-refractivity contribution in [3.8, 4) is 0 Å². The van der Waals surface area contributed by atoms with Crippen LogP contribution in [0.3, 0.4) is 0 Å². The number of rotatable bonds is 2. The second-order valence-electron chi connectivity index (χ2n) is 3.13. The first kappa shape index (κ1) is 10.9. The van der Waals surface area contributed by atoms with Crippen LogP contribution in [-0.4, -0.2) is 16.1 Å². The molecule has 0 radical (unpaired) electrons. The fraction of sp³-hybridized carbons (Fsp3) is 0.200. The van der Waals surface area contributed by atoms with Crippen molar-refractivity contribution in [2.24, 2.45) is 0 Å². The summed E-state index contributed by atoms with van der Waals surface area (Å²) in [5.41, 5.74) is 0. The summed E-state index contributed by atoms with van der Waals surface area (Å²) in [5, 5.41) is 0. The van der Waals surface area contributed by atoms with Gasteiger partial charge in [-0.2, -0.15) is 0 Å². The second-order valence-corrected chi connectivity index (χ2v) is 5.39. The van der Waals surface area contributed by atoms with Gasteiger partial charge in [0.2, 0.25) is 11.8 Å². The van der Waals surface area contributed by atoms with Gasteiger partial charge < -0.3 is 0 Å². The average molecular weight is 333 g/mol. The van der Waals surface area contributed by atoms with Crippen LogP contribution in [0.2, 0.25) is 0 Å². The van der Waals surface area contributed by atoms with Gasteiger partial charge in [-0.05, 0) is 58.8 Å². The summed E-state index contributed by atoms with van der Waals surface area (Å²) in [7, 11) is 0. The molecule has 1 aromatic carbocycles. The van der Waals surface area contributed by atoms with Gasteiger partial charge >= 0.3 is 0 Å². The Kier molecular flexibility index (Phi) is 3.30. The van der Waals surface area contributed by atoms with Crippen LogP contribution in [0, 0.1) is 3.57 Å². The zero-order valence-corrected chi connectivity index (χ0v) is 10.7. The number of imide groups is 1. The molecule has 1 heterocycles. The van der Waals surface area contributed by atoms with Gasteiger partial charge in [-0.25, -0.2) is 4.31 Å². The Bertz CT molecular complexity index is 388. The molecule has 1 fully saturated rings. The van der Waals surface area contributed by atoms with Crippen molar-refractivity contribution >= 4 is 46.4 Å². The van der Waals surface area contributed by atoms with Gasteiger partial charge in [0.15, 0.2) is 0 Å². The third kappa shape index (κ3) is 2.52. The molecule has 1 saturated heterocycles. The number of amides is 2. The Morgan fingerprint density at radius 3 is 2.13 bits per heavy atom. The van der Waals surface area contributed by atoms with Crippen LogP contribution >= 0.6 is 34.5 Å². The van der Waals surface area contributed by atoms with Crippen LogP contribution in [0.4, 0.5) is 0 Å². The molecule has 0 N–H and O–H groups in total. The maximum absolute atomic E-state index is 11.3. The van der Waals surface area contributed by atoms with Gasteiger partial charge in [0.05, 0.1) is 0 Å². The van der Waals surface area contributed by atoms with Crippen molar-refractivity contribution in [3.63, 3.8) is 0 Å². The smallest absolute Gasteiger partial charge is 0.240 e. The monoisotopic (exact) mass is 333 g/mol. The lowest BCUT2D eigenvalue weighted by atomic mass is 10.4. The molecule has 78 valence electrons. The number of carbonyl (C=O) groups is 2. The molecule has 15 heavy (non-hydrogen) atoms. The molecule has 2 amide bonds. The number of hydrogen-bond donors (Lipinski definition) is 0. The number of benzene rings is 1. The summed E-state index contributed by atoms with van der Waals surface area (Å²) in [6.07, 6.45) is 0.687. The van der Waals surface area contributed by atoms with Crippen LogP contribution in [0.1, 0.15) is 12.8 Å². The molecular formula is C10H8INO2S. The van der Waals surface area contributed by atoms with E-state index in [0.29, 0.717) is 12.8 Å². The third-order valence-electron chi connectivity index (χ3n) is 2.02. The molecule has 0 aliphatic carbocycles. The minimum Gasteiger partial charge on any atom is -0.273 e. The topological polar surface area (TPSA) is 37.4 Å². The molecule has 2 rings (SSSR count). The standard InChI is InChI=1S/C10H8INO2S/c11-7-1-3-8(4-2-7)15-12-9(13)5-6-10(12)14/h1-4H,5-6H2. The Balaban J connectivity index is 2.11. The van der Waals surface area contributed by atoms with E-state index >= 15 is 0 Å². The highest BCUT2D eigenvalue weighted by atomic mass is 127. The van der Waals surface area contributed by atoms with Gasteiger partial charge in [0, 0.05) is 21.3 Å². The van der Waals surface area contributed by atoms with Crippen molar-refractivity contribution in [2.45, 2.75) is 17.7 Å². The lowest BCUT2D eigenvalue weighted by Gasteiger charge is -2.11. The summed E-state index contributed by atoms with van der Waals surface area (Å²) in [6, 6.07) is 7.72. The van der Waals surface area contributed by atoms with Gasteiger partial charge in [0.1, 0.15) is 0 Å². The molecule has 0 spiro atoms. The largest absolute Gasteiger partial charge is 0.273 e. The van der Waals surface area contributed by atoms with Gasteiger partial charge in [-0.15, -0.1) is 0 Å². The SMILES string of the molecule is O=C1CCC(=O)N1Sc1ccc(I)cc1. The molecule has 3 nitrogen and oxygen atoms in total. The van der Waals surface area contributed by atoms with E-state index in [9.17, 15) is 9.59 Å². The summed E-state index contributed by atoms with van der Waals surface area (Å²) in [5.74, 6) is -0.188. The van der Waals surface area contributed by atoms with E-state index in [-0.39, 0.29) is 11.8 Å². The van der Waals surface area contributed by atoms with E-state index in [1.54, 1.807) is 0 Å². The lowest BCUT2D eigenvalue weighted by Crippen LogP contribution is -2.20. The summed E-state index contributed by atoms with van der Waals surface area (Å²) in [6.45, 7) is 0. The van der Waals surface area contributed by atoms with E-state index < -0.39 is 0 Å². The van der Waals surface area contributed by atoms with Crippen molar-refractivity contribution < 1.29 is 9.59 Å². The van der Waals surface area contributed by atoms with E-state index in [0.717, 1.165) is 8.47 Å². The number of halogens is 1.